The average molecular weight is 274 g/mol. The molecule has 0 saturated carbocycles. The molecular weight excluding hydrogens is 264 g/mol. The number of esters is 1. The first-order valence-corrected chi connectivity index (χ1v) is 5.66. The highest BCUT2D eigenvalue weighted by atomic mass is 35.5. The van der Waals surface area contributed by atoms with Crippen LogP contribution < -0.4 is 0 Å². The van der Waals surface area contributed by atoms with Gasteiger partial charge in [-0.25, -0.2) is 13.6 Å². The van der Waals surface area contributed by atoms with Crippen LogP contribution in [-0.4, -0.2) is 12.6 Å². The molecule has 0 atom stereocenters. The minimum absolute atomic E-state index is 0.0199. The van der Waals surface area contributed by atoms with E-state index in [0.29, 0.717) is 0 Å². The molecule has 0 aliphatic carbocycles. The SMILES string of the molecule is CCOC(=O)c1cc(C(F)F)c(CCl)cc1C#N. The molecule has 0 unspecified atom stereocenters. The number of hydrogen-bond donors (Lipinski definition) is 0. The van der Waals surface area contributed by atoms with Crippen LogP contribution in [0.5, 0.6) is 0 Å². The van der Waals surface area contributed by atoms with Gasteiger partial charge < -0.3 is 4.74 Å². The monoisotopic (exact) mass is 273 g/mol. The summed E-state index contributed by atoms with van der Waals surface area (Å²) >= 11 is 5.54. The van der Waals surface area contributed by atoms with E-state index < -0.39 is 12.4 Å². The number of carbonyl (C=O) groups excluding carboxylic acids is 1. The van der Waals surface area contributed by atoms with Gasteiger partial charge in [-0.15, -0.1) is 11.6 Å². The second-order valence-electron chi connectivity index (χ2n) is 3.36. The number of halogens is 3. The van der Waals surface area contributed by atoms with Crippen molar-refractivity contribution in [2.24, 2.45) is 0 Å². The van der Waals surface area contributed by atoms with Crippen LogP contribution in [0.2, 0.25) is 0 Å². The lowest BCUT2D eigenvalue weighted by Gasteiger charge is -2.10. The van der Waals surface area contributed by atoms with Crippen LogP contribution in [0.3, 0.4) is 0 Å². The van der Waals surface area contributed by atoms with Crippen molar-refractivity contribution in [3.8, 4) is 6.07 Å². The van der Waals surface area contributed by atoms with Crippen LogP contribution in [-0.2, 0) is 10.6 Å². The highest BCUT2D eigenvalue weighted by Gasteiger charge is 2.20. The molecule has 0 radical (unpaired) electrons. The van der Waals surface area contributed by atoms with Crippen LogP contribution in [0.1, 0.15) is 40.4 Å². The predicted octanol–water partition coefficient (Wildman–Crippen LogP) is 3.41. The number of alkyl halides is 3. The molecule has 0 saturated heterocycles. The number of nitriles is 1. The molecule has 0 N–H and O–H groups in total. The van der Waals surface area contributed by atoms with Crippen molar-refractivity contribution in [2.45, 2.75) is 19.2 Å². The Morgan fingerprint density at radius 3 is 2.67 bits per heavy atom. The summed E-state index contributed by atoms with van der Waals surface area (Å²) in [4.78, 5) is 11.5. The highest BCUT2D eigenvalue weighted by Crippen LogP contribution is 2.27. The Balaban J connectivity index is 3.37. The molecule has 1 rings (SSSR count). The Kier molecular flexibility index (Phi) is 5.05. The summed E-state index contributed by atoms with van der Waals surface area (Å²) in [6.07, 6.45) is -2.76. The summed E-state index contributed by atoms with van der Waals surface area (Å²) in [6, 6.07) is 3.94. The van der Waals surface area contributed by atoms with Gasteiger partial charge in [-0.3, -0.25) is 0 Å². The van der Waals surface area contributed by atoms with Crippen molar-refractivity contribution in [3.63, 3.8) is 0 Å². The summed E-state index contributed by atoms with van der Waals surface area (Å²) in [5.74, 6) is -0.950. The maximum Gasteiger partial charge on any atom is 0.339 e. The van der Waals surface area contributed by atoms with Gasteiger partial charge >= 0.3 is 5.97 Å². The Labute approximate surface area is 108 Å². The Morgan fingerprint density at radius 1 is 1.56 bits per heavy atom. The minimum atomic E-state index is -2.76. The topological polar surface area (TPSA) is 50.1 Å². The first-order chi connectivity index (χ1) is 8.54. The average Bonchev–Trinajstić information content (AvgIpc) is 2.37. The third-order valence-electron chi connectivity index (χ3n) is 2.27. The number of nitrogens with zero attached hydrogens (tertiary/aromatic N) is 1. The van der Waals surface area contributed by atoms with Crippen LogP contribution in [0.15, 0.2) is 12.1 Å². The molecule has 6 heteroatoms. The van der Waals surface area contributed by atoms with E-state index in [0.717, 1.165) is 6.07 Å². The van der Waals surface area contributed by atoms with Crippen LogP contribution >= 0.6 is 11.6 Å². The molecule has 18 heavy (non-hydrogen) atoms. The predicted molar refractivity (Wildman–Crippen MR) is 61.6 cm³/mol. The molecule has 0 aliphatic heterocycles. The molecule has 0 amide bonds. The van der Waals surface area contributed by atoms with Crippen molar-refractivity contribution in [1.82, 2.24) is 0 Å². The molecular formula is C12H10ClF2NO2. The van der Waals surface area contributed by atoms with Crippen LogP contribution in [0.25, 0.3) is 0 Å². The van der Waals surface area contributed by atoms with Gasteiger partial charge in [-0.1, -0.05) is 0 Å². The zero-order valence-corrected chi connectivity index (χ0v) is 10.3. The van der Waals surface area contributed by atoms with E-state index in [1.165, 1.54) is 6.07 Å². The van der Waals surface area contributed by atoms with Crippen molar-refractivity contribution < 1.29 is 18.3 Å². The first-order valence-electron chi connectivity index (χ1n) is 5.13. The van der Waals surface area contributed by atoms with Crippen molar-refractivity contribution in [1.29, 1.82) is 5.26 Å². The third-order valence-corrected chi connectivity index (χ3v) is 2.56. The van der Waals surface area contributed by atoms with E-state index in [1.54, 1.807) is 13.0 Å². The summed E-state index contributed by atoms with van der Waals surface area (Å²) in [7, 11) is 0. The normalized spacial score (nSPS) is 10.2. The third kappa shape index (κ3) is 2.96. The highest BCUT2D eigenvalue weighted by molar-refractivity contribution is 6.17. The van der Waals surface area contributed by atoms with Crippen molar-refractivity contribution in [3.05, 3.63) is 34.4 Å². The zero-order chi connectivity index (χ0) is 13.7. The molecule has 96 valence electrons. The van der Waals surface area contributed by atoms with Gasteiger partial charge in [0.05, 0.1) is 17.7 Å². The molecule has 0 bridgehead atoms. The maximum absolute atomic E-state index is 12.8. The number of rotatable bonds is 4. The van der Waals surface area contributed by atoms with Gasteiger partial charge in [0, 0.05) is 11.4 Å². The van der Waals surface area contributed by atoms with Crippen molar-refractivity contribution in [2.75, 3.05) is 6.61 Å². The summed E-state index contributed by atoms with van der Waals surface area (Å²) in [5.41, 5.74) is -0.402. The number of carbonyl (C=O) groups is 1. The second kappa shape index (κ2) is 6.31. The number of benzene rings is 1. The lowest BCUT2D eigenvalue weighted by molar-refractivity contribution is 0.0525. The van der Waals surface area contributed by atoms with Gasteiger partial charge in [0.15, 0.2) is 0 Å². The zero-order valence-electron chi connectivity index (χ0n) is 9.54. The molecule has 0 aromatic heterocycles. The van der Waals surface area contributed by atoms with Gasteiger partial charge in [-0.2, -0.15) is 5.26 Å². The van der Waals surface area contributed by atoms with Crippen LogP contribution in [0.4, 0.5) is 8.78 Å². The molecule has 0 heterocycles. The van der Waals surface area contributed by atoms with E-state index in [9.17, 15) is 13.6 Å². The standard InChI is InChI=1S/C12H10ClF2NO2/c1-2-18-12(17)10-4-9(11(14)15)7(5-13)3-8(10)6-16/h3-4,11H,2,5H2,1H3. The van der Waals surface area contributed by atoms with Gasteiger partial charge in [0.2, 0.25) is 0 Å². The van der Waals surface area contributed by atoms with Gasteiger partial charge in [0.25, 0.3) is 6.43 Å². The second-order valence-corrected chi connectivity index (χ2v) is 3.63. The quantitative estimate of drug-likeness (QED) is 0.624. The number of hydrogen-bond acceptors (Lipinski definition) is 3. The smallest absolute Gasteiger partial charge is 0.339 e. The molecule has 1 aromatic rings. The molecule has 0 spiro atoms. The van der Waals surface area contributed by atoms with Crippen LogP contribution in [0, 0.1) is 11.3 Å². The molecule has 0 aliphatic rings. The summed E-state index contributed by atoms with van der Waals surface area (Å²) in [6.45, 7) is 1.69. The lowest BCUT2D eigenvalue weighted by atomic mass is 10.00. The fourth-order valence-electron chi connectivity index (χ4n) is 1.45. The summed E-state index contributed by atoms with van der Waals surface area (Å²) < 4.78 is 30.3. The molecule has 0 fully saturated rings. The Bertz CT molecular complexity index is 498. The summed E-state index contributed by atoms with van der Waals surface area (Å²) in [5, 5.41) is 8.90. The van der Waals surface area contributed by atoms with E-state index in [-0.39, 0.29) is 34.7 Å². The first kappa shape index (κ1) is 14.4. The lowest BCUT2D eigenvalue weighted by Crippen LogP contribution is -2.09. The minimum Gasteiger partial charge on any atom is -0.462 e. The molecule has 3 nitrogen and oxygen atoms in total. The maximum atomic E-state index is 12.8. The van der Waals surface area contributed by atoms with E-state index in [2.05, 4.69) is 0 Å². The van der Waals surface area contributed by atoms with Crippen molar-refractivity contribution >= 4 is 17.6 Å². The molecule has 1 aromatic carbocycles. The fourth-order valence-corrected chi connectivity index (χ4v) is 1.68. The fraction of sp³-hybridized carbons (Fsp3) is 0.333. The van der Waals surface area contributed by atoms with E-state index in [4.69, 9.17) is 21.6 Å². The number of ether oxygens (including phenoxy) is 1. The van der Waals surface area contributed by atoms with E-state index >= 15 is 0 Å². The Hall–Kier alpha value is -1.67. The largest absolute Gasteiger partial charge is 0.462 e. The van der Waals surface area contributed by atoms with E-state index in [1.807, 2.05) is 0 Å². The van der Waals surface area contributed by atoms with Gasteiger partial charge in [-0.05, 0) is 24.6 Å². The van der Waals surface area contributed by atoms with Gasteiger partial charge in [0.1, 0.15) is 6.07 Å². The Morgan fingerprint density at radius 2 is 2.22 bits per heavy atom.